The summed E-state index contributed by atoms with van der Waals surface area (Å²) < 4.78 is 18.9. The normalized spacial score (nSPS) is 13.9. The summed E-state index contributed by atoms with van der Waals surface area (Å²) in [5.74, 6) is 0.904. The number of benzene rings is 1. The number of carbonyl (C=O) groups excluding carboxylic acids is 2. The van der Waals surface area contributed by atoms with E-state index in [1.807, 2.05) is 44.5 Å². The van der Waals surface area contributed by atoms with Gasteiger partial charge >= 0.3 is 0 Å². The monoisotopic (exact) mass is 577 g/mol. The fourth-order valence-corrected chi connectivity index (χ4v) is 5.56. The van der Waals surface area contributed by atoms with E-state index in [1.54, 1.807) is 20.3 Å². The number of amides is 2. The smallest absolute Gasteiger partial charge is 0.243 e. The Balaban J connectivity index is 1.74. The van der Waals surface area contributed by atoms with Crippen LogP contribution in [0.4, 0.5) is 11.4 Å². The van der Waals surface area contributed by atoms with Crippen molar-refractivity contribution in [3.05, 3.63) is 57.0 Å². The molecule has 2 aromatic carbocycles. The number of carbonyl (C=O) groups is 2. The Morgan fingerprint density at radius 2 is 1.79 bits per heavy atom. The standard InChI is InChI=1S/C31H39N5O6/c1-16(2)36-18(4)29(17(3)35-36)34-27(39)15-32-24-12-10-21-22(14-25(24)38)23(33-19(5)37)11-9-20-13-26(40-6)30(41-7)31(42-8)28(20)21/h10,12-14,16,23H,9,11,15H2,1-8H3,(H,32,38)(H,33,37)(H,34,39)/t23-/m0/s1. The quantitative estimate of drug-likeness (QED) is 0.343. The van der Waals surface area contributed by atoms with E-state index < -0.39 is 6.04 Å². The van der Waals surface area contributed by atoms with E-state index in [2.05, 4.69) is 21.0 Å². The first-order chi connectivity index (χ1) is 20.0. The van der Waals surface area contributed by atoms with Crippen LogP contribution in [0.25, 0.3) is 11.1 Å². The third-order valence-electron chi connectivity index (χ3n) is 7.43. The van der Waals surface area contributed by atoms with Gasteiger partial charge in [-0.2, -0.15) is 5.10 Å². The molecule has 0 fully saturated rings. The lowest BCUT2D eigenvalue weighted by Gasteiger charge is -2.19. The molecule has 0 bridgehead atoms. The number of ether oxygens (including phenoxy) is 3. The van der Waals surface area contributed by atoms with Crippen LogP contribution >= 0.6 is 0 Å². The Morgan fingerprint density at radius 1 is 1.07 bits per heavy atom. The van der Waals surface area contributed by atoms with Crippen molar-refractivity contribution < 1.29 is 23.8 Å². The molecule has 1 atom stereocenters. The third kappa shape index (κ3) is 5.90. The number of rotatable bonds is 9. The van der Waals surface area contributed by atoms with Gasteiger partial charge in [0.25, 0.3) is 0 Å². The number of aryl methyl sites for hydroxylation is 2. The molecule has 4 rings (SSSR count). The highest BCUT2D eigenvalue weighted by atomic mass is 16.5. The van der Waals surface area contributed by atoms with Gasteiger partial charge in [0.15, 0.2) is 11.5 Å². The molecule has 3 N–H and O–H groups in total. The van der Waals surface area contributed by atoms with E-state index in [1.165, 1.54) is 20.1 Å². The van der Waals surface area contributed by atoms with Crippen molar-refractivity contribution >= 4 is 23.2 Å². The molecule has 0 saturated heterocycles. The van der Waals surface area contributed by atoms with Crippen LogP contribution in [0.2, 0.25) is 0 Å². The Morgan fingerprint density at radius 3 is 2.38 bits per heavy atom. The topological polar surface area (TPSA) is 133 Å². The summed E-state index contributed by atoms with van der Waals surface area (Å²) in [7, 11) is 4.65. The number of methoxy groups -OCH3 is 3. The van der Waals surface area contributed by atoms with Crippen LogP contribution in [0.5, 0.6) is 17.2 Å². The van der Waals surface area contributed by atoms with Gasteiger partial charge in [-0.05, 0) is 75.4 Å². The van der Waals surface area contributed by atoms with Gasteiger partial charge in [-0.1, -0.05) is 6.07 Å². The van der Waals surface area contributed by atoms with Gasteiger partial charge in [0, 0.05) is 18.5 Å². The number of aromatic nitrogens is 2. The summed E-state index contributed by atoms with van der Waals surface area (Å²) in [6.45, 7) is 9.12. The molecule has 224 valence electrons. The molecule has 0 aliphatic heterocycles. The van der Waals surface area contributed by atoms with Gasteiger partial charge in [0.1, 0.15) is 0 Å². The van der Waals surface area contributed by atoms with Crippen LogP contribution in [0, 0.1) is 13.8 Å². The largest absolute Gasteiger partial charge is 0.493 e. The van der Waals surface area contributed by atoms with E-state index in [0.717, 1.165) is 22.5 Å². The van der Waals surface area contributed by atoms with Crippen molar-refractivity contribution in [2.45, 2.75) is 59.5 Å². The maximum absolute atomic E-state index is 13.5. The predicted molar refractivity (Wildman–Crippen MR) is 162 cm³/mol. The third-order valence-corrected chi connectivity index (χ3v) is 7.43. The number of nitrogens with one attached hydrogen (secondary N) is 3. The minimum atomic E-state index is -0.425. The average molecular weight is 578 g/mol. The van der Waals surface area contributed by atoms with E-state index in [4.69, 9.17) is 14.2 Å². The molecule has 0 radical (unpaired) electrons. The minimum Gasteiger partial charge on any atom is -0.493 e. The average Bonchev–Trinajstić information content (AvgIpc) is 3.06. The predicted octanol–water partition coefficient (Wildman–Crippen LogP) is 4.31. The molecule has 2 amide bonds. The molecule has 1 aromatic heterocycles. The van der Waals surface area contributed by atoms with Gasteiger partial charge in [-0.3, -0.25) is 19.1 Å². The van der Waals surface area contributed by atoms with E-state index in [9.17, 15) is 14.4 Å². The SMILES string of the molecule is COc1cc2c(c(OC)c1OC)-c1ccc(NCC(=O)Nc3c(C)nn(C(C)C)c3C)c(=O)cc1[C@@H](NC(C)=O)CC2. The molecule has 11 heteroatoms. The van der Waals surface area contributed by atoms with Crippen molar-refractivity contribution in [2.24, 2.45) is 0 Å². The number of nitrogens with zero attached hydrogens (tertiary/aromatic N) is 2. The Kier molecular flexibility index (Phi) is 9.08. The lowest BCUT2D eigenvalue weighted by atomic mass is 9.95. The van der Waals surface area contributed by atoms with E-state index in [0.29, 0.717) is 46.9 Å². The molecule has 1 aliphatic carbocycles. The van der Waals surface area contributed by atoms with Crippen LogP contribution in [0.15, 0.2) is 29.1 Å². The first-order valence-electron chi connectivity index (χ1n) is 13.9. The number of hydrogen-bond acceptors (Lipinski definition) is 8. The number of anilines is 2. The summed E-state index contributed by atoms with van der Waals surface area (Å²) >= 11 is 0. The molecule has 3 aromatic rings. The highest BCUT2D eigenvalue weighted by Gasteiger charge is 2.29. The summed E-state index contributed by atoms with van der Waals surface area (Å²) in [6.07, 6.45) is 1.15. The summed E-state index contributed by atoms with van der Waals surface area (Å²) in [4.78, 5) is 38.6. The Labute approximate surface area is 245 Å². The summed E-state index contributed by atoms with van der Waals surface area (Å²) in [5.41, 5.74) is 5.20. The molecule has 1 heterocycles. The van der Waals surface area contributed by atoms with Gasteiger partial charge in [0.2, 0.25) is 23.0 Å². The second kappa shape index (κ2) is 12.5. The number of fused-ring (bicyclic) bond motifs is 3. The first kappa shape index (κ1) is 30.4. The summed E-state index contributed by atoms with van der Waals surface area (Å²) in [5, 5.41) is 13.4. The van der Waals surface area contributed by atoms with Crippen LogP contribution in [0.1, 0.15) is 61.8 Å². The van der Waals surface area contributed by atoms with Crippen molar-refractivity contribution in [3.63, 3.8) is 0 Å². The molecule has 11 nitrogen and oxygen atoms in total. The highest BCUT2D eigenvalue weighted by molar-refractivity contribution is 5.95. The fraction of sp³-hybridized carbons (Fsp3) is 0.419. The first-order valence-corrected chi connectivity index (χ1v) is 13.9. The highest BCUT2D eigenvalue weighted by Crippen LogP contribution is 2.50. The van der Waals surface area contributed by atoms with Crippen LogP contribution < -0.4 is 35.6 Å². The molecule has 0 spiro atoms. The maximum Gasteiger partial charge on any atom is 0.243 e. The van der Waals surface area contributed by atoms with Crippen molar-refractivity contribution in [1.29, 1.82) is 0 Å². The van der Waals surface area contributed by atoms with Crippen LogP contribution in [-0.2, 0) is 16.0 Å². The van der Waals surface area contributed by atoms with Gasteiger partial charge < -0.3 is 30.2 Å². The van der Waals surface area contributed by atoms with Crippen LogP contribution in [-0.4, -0.2) is 49.5 Å². The fourth-order valence-electron chi connectivity index (χ4n) is 5.56. The van der Waals surface area contributed by atoms with Crippen molar-refractivity contribution in [2.75, 3.05) is 38.5 Å². The Bertz CT molecular complexity index is 1580. The zero-order chi connectivity index (χ0) is 30.7. The maximum atomic E-state index is 13.5. The van der Waals surface area contributed by atoms with E-state index in [-0.39, 0.29) is 35.5 Å². The lowest BCUT2D eigenvalue weighted by Crippen LogP contribution is -2.27. The molecule has 1 aliphatic rings. The minimum absolute atomic E-state index is 0.129. The lowest BCUT2D eigenvalue weighted by molar-refractivity contribution is -0.119. The van der Waals surface area contributed by atoms with Crippen molar-refractivity contribution in [3.8, 4) is 28.4 Å². The van der Waals surface area contributed by atoms with Crippen molar-refractivity contribution in [1.82, 2.24) is 15.1 Å². The van der Waals surface area contributed by atoms with Gasteiger partial charge in [-0.25, -0.2) is 0 Å². The second-order valence-corrected chi connectivity index (χ2v) is 10.6. The van der Waals surface area contributed by atoms with Crippen LogP contribution in [0.3, 0.4) is 0 Å². The molecular weight excluding hydrogens is 538 g/mol. The molecule has 0 saturated carbocycles. The zero-order valence-corrected chi connectivity index (χ0v) is 25.4. The van der Waals surface area contributed by atoms with Gasteiger partial charge in [0.05, 0.1) is 56.7 Å². The van der Waals surface area contributed by atoms with E-state index >= 15 is 0 Å². The molecule has 42 heavy (non-hydrogen) atoms. The molecular formula is C31H39N5O6. The summed E-state index contributed by atoms with van der Waals surface area (Å²) in [6, 6.07) is 6.61. The number of hydrogen-bond donors (Lipinski definition) is 3. The van der Waals surface area contributed by atoms with Gasteiger partial charge in [-0.15, -0.1) is 0 Å². The second-order valence-electron chi connectivity index (χ2n) is 10.6. The Hall–Kier alpha value is -4.54. The zero-order valence-electron chi connectivity index (χ0n) is 25.4. The molecule has 0 unspecified atom stereocenters.